The predicted molar refractivity (Wildman–Crippen MR) is 43.9 cm³/mol. The zero-order chi connectivity index (χ0) is 8.72. The second kappa shape index (κ2) is 2.17. The summed E-state index contributed by atoms with van der Waals surface area (Å²) in [6.45, 7) is 1.74. The minimum Gasteiger partial charge on any atom is -0.309 e. The molecular weight excluding hydrogens is 156 g/mol. The van der Waals surface area contributed by atoms with Crippen LogP contribution in [0.5, 0.6) is 0 Å². The zero-order valence-corrected chi connectivity index (χ0v) is 6.83. The van der Waals surface area contributed by atoms with Gasteiger partial charge in [-0.1, -0.05) is 0 Å². The molecule has 0 atom stereocenters. The van der Waals surface area contributed by atoms with Crippen LogP contribution in [0.1, 0.15) is 5.82 Å². The van der Waals surface area contributed by atoms with Crippen LogP contribution in [0.15, 0.2) is 11.0 Å². The quantitative estimate of drug-likeness (QED) is 0.594. The van der Waals surface area contributed by atoms with Crippen molar-refractivity contribution in [1.29, 1.82) is 0 Å². The highest BCUT2D eigenvalue weighted by Gasteiger charge is 2.03. The highest BCUT2D eigenvalue weighted by Crippen LogP contribution is 2.01. The van der Waals surface area contributed by atoms with Crippen molar-refractivity contribution in [3.05, 3.63) is 22.4 Å². The molecule has 0 saturated carbocycles. The molecule has 12 heavy (non-hydrogen) atoms. The summed E-state index contributed by atoms with van der Waals surface area (Å²) in [4.78, 5) is 17.9. The molecule has 2 aromatic heterocycles. The Bertz CT molecular complexity index is 482. The monoisotopic (exact) mass is 164 g/mol. The van der Waals surface area contributed by atoms with Crippen LogP contribution in [0, 0.1) is 6.92 Å². The van der Waals surface area contributed by atoms with Gasteiger partial charge in [0, 0.05) is 7.05 Å². The molecule has 0 spiro atoms. The molecule has 0 aliphatic rings. The van der Waals surface area contributed by atoms with E-state index in [0.29, 0.717) is 16.9 Å². The second-order valence-corrected chi connectivity index (χ2v) is 2.69. The second-order valence-electron chi connectivity index (χ2n) is 2.69. The Morgan fingerprint density at radius 2 is 2.33 bits per heavy atom. The SMILES string of the molecule is Cc1nc2cn(C)nc2c(=O)[nH]1. The fraction of sp³-hybridized carbons (Fsp3) is 0.286. The summed E-state index contributed by atoms with van der Waals surface area (Å²) < 4.78 is 1.58. The van der Waals surface area contributed by atoms with Gasteiger partial charge in [-0.3, -0.25) is 9.48 Å². The van der Waals surface area contributed by atoms with Crippen molar-refractivity contribution in [2.75, 3.05) is 0 Å². The van der Waals surface area contributed by atoms with Gasteiger partial charge in [-0.2, -0.15) is 5.10 Å². The Kier molecular flexibility index (Phi) is 1.27. The molecule has 2 heterocycles. The van der Waals surface area contributed by atoms with Crippen LogP contribution < -0.4 is 5.56 Å². The molecule has 5 nitrogen and oxygen atoms in total. The summed E-state index contributed by atoms with van der Waals surface area (Å²) >= 11 is 0. The first kappa shape index (κ1) is 7.02. The molecule has 0 aliphatic heterocycles. The normalized spacial score (nSPS) is 10.8. The molecule has 0 amide bonds. The molecule has 0 bridgehead atoms. The fourth-order valence-electron chi connectivity index (χ4n) is 1.15. The van der Waals surface area contributed by atoms with Crippen LogP contribution in [-0.2, 0) is 7.05 Å². The molecule has 0 aromatic carbocycles. The largest absolute Gasteiger partial charge is 0.309 e. The number of aromatic amines is 1. The average molecular weight is 164 g/mol. The van der Waals surface area contributed by atoms with E-state index < -0.39 is 0 Å². The van der Waals surface area contributed by atoms with Crippen molar-refractivity contribution < 1.29 is 0 Å². The van der Waals surface area contributed by atoms with E-state index in [0.717, 1.165) is 0 Å². The standard InChI is InChI=1S/C7H8N4O/c1-4-8-5-3-11(2)10-6(5)7(12)9-4/h3H,1-2H3,(H,8,9,12). The highest BCUT2D eigenvalue weighted by molar-refractivity contribution is 5.71. The van der Waals surface area contributed by atoms with Gasteiger partial charge >= 0.3 is 0 Å². The zero-order valence-electron chi connectivity index (χ0n) is 6.83. The molecular formula is C7H8N4O. The van der Waals surface area contributed by atoms with E-state index in [1.165, 1.54) is 0 Å². The van der Waals surface area contributed by atoms with Crippen LogP contribution in [0.2, 0.25) is 0 Å². The number of fused-ring (bicyclic) bond motifs is 1. The summed E-state index contributed by atoms with van der Waals surface area (Å²) in [5, 5.41) is 3.96. The van der Waals surface area contributed by atoms with E-state index in [-0.39, 0.29) is 5.56 Å². The first-order chi connectivity index (χ1) is 5.66. The van der Waals surface area contributed by atoms with E-state index in [1.807, 2.05) is 0 Å². The van der Waals surface area contributed by atoms with Crippen molar-refractivity contribution in [1.82, 2.24) is 19.7 Å². The molecule has 0 radical (unpaired) electrons. The lowest BCUT2D eigenvalue weighted by Gasteiger charge is -1.88. The topological polar surface area (TPSA) is 63.6 Å². The van der Waals surface area contributed by atoms with Gasteiger partial charge < -0.3 is 4.98 Å². The van der Waals surface area contributed by atoms with Gasteiger partial charge in [0.1, 0.15) is 11.3 Å². The van der Waals surface area contributed by atoms with Crippen LogP contribution in [0.3, 0.4) is 0 Å². The summed E-state index contributed by atoms with van der Waals surface area (Å²) in [5.74, 6) is 0.612. The predicted octanol–water partition coefficient (Wildman–Crippen LogP) is -0.0350. The first-order valence-electron chi connectivity index (χ1n) is 3.57. The number of hydrogen-bond acceptors (Lipinski definition) is 3. The lowest BCUT2D eigenvalue weighted by molar-refractivity contribution is 0.778. The number of rotatable bonds is 0. The summed E-state index contributed by atoms with van der Waals surface area (Å²) in [6.07, 6.45) is 1.72. The van der Waals surface area contributed by atoms with Crippen LogP contribution in [0.25, 0.3) is 11.0 Å². The van der Waals surface area contributed by atoms with Gasteiger partial charge in [-0.05, 0) is 6.92 Å². The van der Waals surface area contributed by atoms with Gasteiger partial charge in [0.05, 0.1) is 6.20 Å². The van der Waals surface area contributed by atoms with Crippen molar-refractivity contribution >= 4 is 11.0 Å². The number of aromatic nitrogens is 4. The molecule has 5 heteroatoms. The molecule has 0 fully saturated rings. The van der Waals surface area contributed by atoms with E-state index in [2.05, 4.69) is 15.1 Å². The van der Waals surface area contributed by atoms with Crippen molar-refractivity contribution in [2.24, 2.45) is 7.05 Å². The summed E-state index contributed by atoms with van der Waals surface area (Å²) in [5.41, 5.74) is 0.847. The molecule has 0 aliphatic carbocycles. The van der Waals surface area contributed by atoms with Gasteiger partial charge in [-0.25, -0.2) is 4.98 Å². The number of hydrogen-bond donors (Lipinski definition) is 1. The molecule has 0 unspecified atom stereocenters. The van der Waals surface area contributed by atoms with Crippen LogP contribution in [-0.4, -0.2) is 19.7 Å². The van der Waals surface area contributed by atoms with Gasteiger partial charge in [0.25, 0.3) is 5.56 Å². The summed E-state index contributed by atoms with van der Waals surface area (Å²) in [7, 11) is 1.76. The third-order valence-electron chi connectivity index (χ3n) is 1.61. The van der Waals surface area contributed by atoms with Gasteiger partial charge in [0.15, 0.2) is 5.52 Å². The maximum absolute atomic E-state index is 11.2. The summed E-state index contributed by atoms with van der Waals surface area (Å²) in [6, 6.07) is 0. The molecule has 62 valence electrons. The minimum atomic E-state index is -0.182. The van der Waals surface area contributed by atoms with E-state index in [1.54, 1.807) is 24.9 Å². The van der Waals surface area contributed by atoms with Gasteiger partial charge in [0.2, 0.25) is 0 Å². The van der Waals surface area contributed by atoms with E-state index >= 15 is 0 Å². The number of nitrogens with one attached hydrogen (secondary N) is 1. The first-order valence-corrected chi connectivity index (χ1v) is 3.57. The Hall–Kier alpha value is -1.65. The Labute approximate surface area is 68.1 Å². The maximum Gasteiger partial charge on any atom is 0.279 e. The molecule has 2 rings (SSSR count). The smallest absolute Gasteiger partial charge is 0.279 e. The van der Waals surface area contributed by atoms with Crippen molar-refractivity contribution in [2.45, 2.75) is 6.92 Å². The molecule has 2 aromatic rings. The van der Waals surface area contributed by atoms with Crippen molar-refractivity contribution in [3.8, 4) is 0 Å². The van der Waals surface area contributed by atoms with Crippen LogP contribution in [0.4, 0.5) is 0 Å². The Balaban J connectivity index is 2.98. The van der Waals surface area contributed by atoms with Crippen LogP contribution >= 0.6 is 0 Å². The third-order valence-corrected chi connectivity index (χ3v) is 1.61. The molecule has 1 N–H and O–H groups in total. The number of H-pyrrole nitrogens is 1. The van der Waals surface area contributed by atoms with E-state index in [9.17, 15) is 4.79 Å². The van der Waals surface area contributed by atoms with Gasteiger partial charge in [-0.15, -0.1) is 0 Å². The number of aryl methyl sites for hydroxylation is 2. The lowest BCUT2D eigenvalue weighted by Crippen LogP contribution is -2.09. The Morgan fingerprint density at radius 3 is 3.08 bits per heavy atom. The highest BCUT2D eigenvalue weighted by atomic mass is 16.1. The van der Waals surface area contributed by atoms with Crippen molar-refractivity contribution in [3.63, 3.8) is 0 Å². The lowest BCUT2D eigenvalue weighted by atomic mass is 10.4. The molecule has 0 saturated heterocycles. The third kappa shape index (κ3) is 0.903. The van der Waals surface area contributed by atoms with E-state index in [4.69, 9.17) is 0 Å². The fourth-order valence-corrected chi connectivity index (χ4v) is 1.15. The maximum atomic E-state index is 11.2. The minimum absolute atomic E-state index is 0.182. The average Bonchev–Trinajstić information content (AvgIpc) is 2.29. The number of nitrogens with zero attached hydrogens (tertiary/aromatic N) is 3. The Morgan fingerprint density at radius 1 is 1.58 bits per heavy atom.